The molecule has 162 valence electrons. The molecule has 0 saturated heterocycles. The molecule has 1 unspecified atom stereocenters. The predicted octanol–water partition coefficient (Wildman–Crippen LogP) is 5.03. The van der Waals surface area contributed by atoms with Gasteiger partial charge >= 0.3 is 0 Å². The van der Waals surface area contributed by atoms with Crippen molar-refractivity contribution in [2.24, 2.45) is 10.4 Å². The molecule has 0 radical (unpaired) electrons. The van der Waals surface area contributed by atoms with E-state index in [2.05, 4.69) is 46.7 Å². The summed E-state index contributed by atoms with van der Waals surface area (Å²) in [5, 5.41) is 7.30. The Morgan fingerprint density at radius 3 is 2.73 bits per heavy atom. The molecular weight excluding hydrogens is 385 g/mol. The fourth-order valence-corrected chi connectivity index (χ4v) is 3.29. The van der Waals surface area contributed by atoms with Crippen LogP contribution in [0.2, 0.25) is 0 Å². The zero-order chi connectivity index (χ0) is 21.1. The van der Waals surface area contributed by atoms with Gasteiger partial charge in [-0.1, -0.05) is 32.3 Å². The molecule has 1 aromatic heterocycles. The standard InChI is InChI=1S/C22H30FN5O2/c1-22(2,3)21-25-18(29-28-21)7-5-4-6-10-24-17-12-15(11-16(23)13-17)20-26-19(27-30-20)14-8-9-14/h11-14,21,24,28H,4-10H2,1-3H3. The van der Waals surface area contributed by atoms with Gasteiger partial charge in [0.2, 0.25) is 5.90 Å². The zero-order valence-corrected chi connectivity index (χ0v) is 17.9. The molecule has 0 spiro atoms. The van der Waals surface area contributed by atoms with Crippen LogP contribution in [-0.4, -0.2) is 28.7 Å². The number of hydrogen-bond acceptors (Lipinski definition) is 7. The SMILES string of the molecule is CC(C)(C)C1N=C(CCCCCNc2cc(F)cc(-c3nc(C4CC4)no3)c2)ON1. The lowest BCUT2D eigenvalue weighted by Crippen LogP contribution is -2.34. The van der Waals surface area contributed by atoms with Crippen molar-refractivity contribution in [2.45, 2.75) is 71.4 Å². The Morgan fingerprint density at radius 1 is 1.17 bits per heavy atom. The number of hydroxylamine groups is 1. The Bertz CT molecular complexity index is 901. The summed E-state index contributed by atoms with van der Waals surface area (Å²) in [5.41, 5.74) is 4.35. The van der Waals surface area contributed by atoms with Gasteiger partial charge < -0.3 is 14.7 Å². The van der Waals surface area contributed by atoms with Gasteiger partial charge in [0.15, 0.2) is 5.82 Å². The van der Waals surface area contributed by atoms with Gasteiger partial charge in [-0.3, -0.25) is 0 Å². The van der Waals surface area contributed by atoms with Crippen LogP contribution < -0.4 is 10.8 Å². The molecule has 1 aliphatic heterocycles. The van der Waals surface area contributed by atoms with E-state index < -0.39 is 0 Å². The number of rotatable bonds is 9. The second-order valence-electron chi connectivity index (χ2n) is 9.21. The summed E-state index contributed by atoms with van der Waals surface area (Å²) in [7, 11) is 0. The topological polar surface area (TPSA) is 84.6 Å². The second kappa shape index (κ2) is 8.71. The number of aliphatic imine (C=N–C) groups is 1. The Morgan fingerprint density at radius 2 is 2.00 bits per heavy atom. The van der Waals surface area contributed by atoms with Crippen molar-refractivity contribution in [3.05, 3.63) is 29.8 Å². The molecule has 1 aromatic carbocycles. The summed E-state index contributed by atoms with van der Waals surface area (Å²) in [6, 6.07) is 4.77. The van der Waals surface area contributed by atoms with Gasteiger partial charge in [0, 0.05) is 35.5 Å². The molecule has 8 heteroatoms. The first-order valence-corrected chi connectivity index (χ1v) is 10.8. The minimum atomic E-state index is -0.321. The largest absolute Gasteiger partial charge is 0.391 e. The van der Waals surface area contributed by atoms with Crippen molar-refractivity contribution in [1.82, 2.24) is 15.6 Å². The molecule has 0 amide bonds. The molecule has 7 nitrogen and oxygen atoms in total. The molecule has 4 rings (SSSR count). The minimum Gasteiger partial charge on any atom is -0.391 e. The lowest BCUT2D eigenvalue weighted by molar-refractivity contribution is 0.120. The highest BCUT2D eigenvalue weighted by Gasteiger charge is 2.30. The molecule has 2 N–H and O–H groups in total. The van der Waals surface area contributed by atoms with E-state index >= 15 is 0 Å². The first-order chi connectivity index (χ1) is 14.4. The van der Waals surface area contributed by atoms with Crippen LogP contribution in [0.25, 0.3) is 11.5 Å². The number of nitrogens with one attached hydrogen (secondary N) is 2. The van der Waals surface area contributed by atoms with E-state index in [4.69, 9.17) is 9.36 Å². The Hall–Kier alpha value is -2.48. The van der Waals surface area contributed by atoms with Crippen LogP contribution in [0.5, 0.6) is 0 Å². The van der Waals surface area contributed by atoms with Crippen LogP contribution in [0.1, 0.15) is 71.0 Å². The maximum absolute atomic E-state index is 14.0. The van der Waals surface area contributed by atoms with Crippen molar-refractivity contribution >= 4 is 11.6 Å². The fourth-order valence-electron chi connectivity index (χ4n) is 3.29. The average Bonchev–Trinajstić information content (AvgIpc) is 3.22. The monoisotopic (exact) mass is 415 g/mol. The van der Waals surface area contributed by atoms with Gasteiger partial charge in [0.05, 0.1) is 0 Å². The van der Waals surface area contributed by atoms with Crippen molar-refractivity contribution in [1.29, 1.82) is 0 Å². The van der Waals surface area contributed by atoms with Crippen molar-refractivity contribution in [3.8, 4) is 11.5 Å². The van der Waals surface area contributed by atoms with Gasteiger partial charge in [-0.05, 0) is 43.9 Å². The van der Waals surface area contributed by atoms with Crippen molar-refractivity contribution in [2.75, 3.05) is 11.9 Å². The lowest BCUT2D eigenvalue weighted by Gasteiger charge is -2.22. The molecule has 1 atom stereocenters. The highest BCUT2D eigenvalue weighted by Crippen LogP contribution is 2.39. The third kappa shape index (κ3) is 5.36. The number of anilines is 1. The molecule has 2 heterocycles. The maximum Gasteiger partial charge on any atom is 0.258 e. The molecule has 30 heavy (non-hydrogen) atoms. The third-order valence-electron chi connectivity index (χ3n) is 5.31. The molecule has 1 aliphatic carbocycles. The number of halogens is 1. The van der Waals surface area contributed by atoms with Crippen molar-refractivity contribution < 1.29 is 13.8 Å². The predicted molar refractivity (Wildman–Crippen MR) is 114 cm³/mol. The Balaban J connectivity index is 1.21. The minimum absolute atomic E-state index is 0.00976. The van der Waals surface area contributed by atoms with E-state index in [1.54, 1.807) is 0 Å². The van der Waals surface area contributed by atoms with Crippen LogP contribution >= 0.6 is 0 Å². The van der Waals surface area contributed by atoms with E-state index in [9.17, 15) is 4.39 Å². The Kier molecular flexibility index (Phi) is 6.04. The van der Waals surface area contributed by atoms with E-state index in [0.29, 0.717) is 17.4 Å². The van der Waals surface area contributed by atoms with Gasteiger partial charge in [-0.2, -0.15) is 4.98 Å². The van der Waals surface area contributed by atoms with Crippen LogP contribution in [0.4, 0.5) is 10.1 Å². The van der Waals surface area contributed by atoms with E-state index in [1.807, 2.05) is 6.07 Å². The number of unbranched alkanes of at least 4 members (excludes halogenated alkanes) is 2. The average molecular weight is 416 g/mol. The van der Waals surface area contributed by atoms with E-state index in [0.717, 1.165) is 62.5 Å². The smallest absolute Gasteiger partial charge is 0.258 e. The number of nitrogens with zero attached hydrogens (tertiary/aromatic N) is 3. The van der Waals surface area contributed by atoms with E-state index in [-0.39, 0.29) is 17.4 Å². The molecule has 2 aliphatic rings. The van der Waals surface area contributed by atoms with E-state index in [1.165, 1.54) is 12.1 Å². The summed E-state index contributed by atoms with van der Waals surface area (Å²) < 4.78 is 19.4. The van der Waals surface area contributed by atoms with Gasteiger partial charge in [-0.15, -0.1) is 5.48 Å². The summed E-state index contributed by atoms with van der Waals surface area (Å²) in [6.07, 6.45) is 6.04. The maximum atomic E-state index is 14.0. The normalized spacial score (nSPS) is 18.9. The van der Waals surface area contributed by atoms with Crippen LogP contribution in [-0.2, 0) is 4.84 Å². The quantitative estimate of drug-likeness (QED) is 0.559. The van der Waals surface area contributed by atoms with Gasteiger partial charge in [0.25, 0.3) is 5.89 Å². The molecule has 2 aromatic rings. The molecule has 1 fully saturated rings. The number of aromatic nitrogens is 2. The second-order valence-corrected chi connectivity index (χ2v) is 9.21. The summed E-state index contributed by atoms with van der Waals surface area (Å²) >= 11 is 0. The molecule has 1 saturated carbocycles. The summed E-state index contributed by atoms with van der Waals surface area (Å²) in [6.45, 7) is 7.16. The summed E-state index contributed by atoms with van der Waals surface area (Å²) in [5.74, 6) is 1.97. The molecule has 0 bridgehead atoms. The Labute approximate surface area is 176 Å². The fraction of sp³-hybridized carbons (Fsp3) is 0.591. The molecular formula is C22H30FN5O2. The van der Waals surface area contributed by atoms with Crippen LogP contribution in [0.3, 0.4) is 0 Å². The van der Waals surface area contributed by atoms with Crippen molar-refractivity contribution in [3.63, 3.8) is 0 Å². The van der Waals surface area contributed by atoms with Gasteiger partial charge in [0.1, 0.15) is 12.0 Å². The first kappa shape index (κ1) is 20.8. The van der Waals surface area contributed by atoms with Crippen LogP contribution in [0, 0.1) is 11.2 Å². The first-order valence-electron chi connectivity index (χ1n) is 10.8. The number of benzene rings is 1. The van der Waals surface area contributed by atoms with Gasteiger partial charge in [-0.25, -0.2) is 9.38 Å². The highest BCUT2D eigenvalue weighted by molar-refractivity contribution is 5.77. The van der Waals surface area contributed by atoms with Crippen LogP contribution in [0.15, 0.2) is 27.7 Å². The zero-order valence-electron chi connectivity index (χ0n) is 17.9. The number of hydrogen-bond donors (Lipinski definition) is 2. The summed E-state index contributed by atoms with van der Waals surface area (Å²) in [4.78, 5) is 14.5. The highest BCUT2D eigenvalue weighted by atomic mass is 19.1. The lowest BCUT2D eigenvalue weighted by atomic mass is 9.93. The third-order valence-corrected chi connectivity index (χ3v) is 5.31.